The first-order valence-corrected chi connectivity index (χ1v) is 2.89. The highest BCUT2D eigenvalue weighted by Crippen LogP contribution is 1.85. The van der Waals surface area contributed by atoms with Crippen LogP contribution in [0.2, 0.25) is 0 Å². The molecule has 0 aliphatic rings. The number of hydrogen-bond acceptors (Lipinski definition) is 3. The maximum absolute atomic E-state index is 8.51. The Morgan fingerprint density at radius 2 is 2.10 bits per heavy atom. The van der Waals surface area contributed by atoms with Gasteiger partial charge in [-0.1, -0.05) is 6.08 Å². The molecule has 1 atom stereocenters. The van der Waals surface area contributed by atoms with Gasteiger partial charge < -0.3 is 15.5 Å². The summed E-state index contributed by atoms with van der Waals surface area (Å²) < 4.78 is 0. The van der Waals surface area contributed by atoms with Crippen LogP contribution >= 0.6 is 12.4 Å². The van der Waals surface area contributed by atoms with Gasteiger partial charge in [0, 0.05) is 6.54 Å². The molecule has 0 saturated carbocycles. The Bertz CT molecular complexity index is 87.8. The highest BCUT2D eigenvalue weighted by atomic mass is 35.5. The molecule has 4 heteroatoms. The van der Waals surface area contributed by atoms with Crippen molar-refractivity contribution in [2.75, 3.05) is 6.54 Å². The van der Waals surface area contributed by atoms with Crippen molar-refractivity contribution in [2.24, 2.45) is 0 Å². The van der Waals surface area contributed by atoms with Gasteiger partial charge in [-0.2, -0.15) is 0 Å². The lowest BCUT2D eigenvalue weighted by Crippen LogP contribution is -2.36. The van der Waals surface area contributed by atoms with Gasteiger partial charge in [0.2, 0.25) is 0 Å². The zero-order valence-electron chi connectivity index (χ0n) is 5.95. The molecule has 0 aliphatic heterocycles. The van der Waals surface area contributed by atoms with E-state index in [4.69, 9.17) is 10.2 Å². The number of aliphatic hydroxyl groups is 2. The van der Waals surface area contributed by atoms with Crippen LogP contribution in [0.1, 0.15) is 6.92 Å². The predicted octanol–water partition coefficient (Wildman–Crippen LogP) is -0.117. The SMILES string of the molecule is C=CCNC(C)C(O)O.Cl. The van der Waals surface area contributed by atoms with Gasteiger partial charge in [-0.3, -0.25) is 0 Å². The third kappa shape index (κ3) is 6.04. The standard InChI is InChI=1S/C6H13NO2.ClH/c1-3-4-7-5(2)6(8)9;/h3,5-9H,1,4H2,2H3;1H. The summed E-state index contributed by atoms with van der Waals surface area (Å²) in [6.07, 6.45) is 0.378. The second-order valence-electron chi connectivity index (χ2n) is 1.90. The van der Waals surface area contributed by atoms with Crippen LogP contribution in [0.15, 0.2) is 12.7 Å². The first kappa shape index (κ1) is 12.6. The van der Waals surface area contributed by atoms with Gasteiger partial charge in [-0.25, -0.2) is 0 Å². The van der Waals surface area contributed by atoms with E-state index >= 15 is 0 Å². The molecule has 0 aliphatic carbocycles. The van der Waals surface area contributed by atoms with Crippen LogP contribution < -0.4 is 5.32 Å². The monoisotopic (exact) mass is 167 g/mol. The molecule has 3 N–H and O–H groups in total. The zero-order valence-corrected chi connectivity index (χ0v) is 6.77. The minimum absolute atomic E-state index is 0. The van der Waals surface area contributed by atoms with Crippen molar-refractivity contribution in [1.82, 2.24) is 5.32 Å². The Labute approximate surface area is 67.2 Å². The third-order valence-electron chi connectivity index (χ3n) is 1.03. The summed E-state index contributed by atoms with van der Waals surface area (Å²) in [5.74, 6) is 0. The fraction of sp³-hybridized carbons (Fsp3) is 0.667. The van der Waals surface area contributed by atoms with Crippen LogP contribution in [-0.4, -0.2) is 29.1 Å². The molecule has 1 unspecified atom stereocenters. The Balaban J connectivity index is 0. The Kier molecular flexibility index (Phi) is 8.83. The van der Waals surface area contributed by atoms with Gasteiger partial charge in [0.1, 0.15) is 0 Å². The molecule has 0 aromatic heterocycles. The lowest BCUT2D eigenvalue weighted by Gasteiger charge is -2.13. The highest BCUT2D eigenvalue weighted by molar-refractivity contribution is 5.85. The van der Waals surface area contributed by atoms with Gasteiger partial charge in [0.15, 0.2) is 6.29 Å². The lowest BCUT2D eigenvalue weighted by molar-refractivity contribution is -0.0616. The van der Waals surface area contributed by atoms with Crippen molar-refractivity contribution in [3.63, 3.8) is 0 Å². The van der Waals surface area contributed by atoms with E-state index in [1.807, 2.05) is 0 Å². The predicted molar refractivity (Wildman–Crippen MR) is 43.1 cm³/mol. The first-order valence-electron chi connectivity index (χ1n) is 2.89. The van der Waals surface area contributed by atoms with E-state index in [1.54, 1.807) is 13.0 Å². The number of nitrogens with one attached hydrogen (secondary N) is 1. The van der Waals surface area contributed by atoms with Crippen molar-refractivity contribution in [1.29, 1.82) is 0 Å². The fourth-order valence-corrected chi connectivity index (χ4v) is 0.375. The molecule has 10 heavy (non-hydrogen) atoms. The van der Waals surface area contributed by atoms with Gasteiger partial charge in [0.25, 0.3) is 0 Å². The van der Waals surface area contributed by atoms with Crippen LogP contribution in [0, 0.1) is 0 Å². The quantitative estimate of drug-likeness (QED) is 0.405. The molecule has 3 nitrogen and oxygen atoms in total. The molecule has 62 valence electrons. The van der Waals surface area contributed by atoms with Gasteiger partial charge in [-0.05, 0) is 6.92 Å². The van der Waals surface area contributed by atoms with Crippen LogP contribution in [0.5, 0.6) is 0 Å². The van der Waals surface area contributed by atoms with Gasteiger partial charge in [-0.15, -0.1) is 19.0 Å². The summed E-state index contributed by atoms with van der Waals surface area (Å²) in [7, 11) is 0. The molecular weight excluding hydrogens is 154 g/mol. The number of halogens is 1. The molecular formula is C6H14ClNO2. The minimum Gasteiger partial charge on any atom is -0.367 e. The zero-order chi connectivity index (χ0) is 7.28. The first-order chi connectivity index (χ1) is 4.18. The van der Waals surface area contributed by atoms with E-state index in [9.17, 15) is 0 Å². The molecule has 0 aromatic rings. The van der Waals surface area contributed by atoms with Crippen LogP contribution in [0.4, 0.5) is 0 Å². The number of rotatable bonds is 4. The van der Waals surface area contributed by atoms with Crippen LogP contribution in [-0.2, 0) is 0 Å². The maximum Gasteiger partial charge on any atom is 0.166 e. The summed E-state index contributed by atoms with van der Waals surface area (Å²) in [6, 6.07) is -0.289. The van der Waals surface area contributed by atoms with Crippen LogP contribution in [0.3, 0.4) is 0 Å². The van der Waals surface area contributed by atoms with E-state index in [0.717, 1.165) is 0 Å². The van der Waals surface area contributed by atoms with Crippen molar-refractivity contribution in [2.45, 2.75) is 19.3 Å². The summed E-state index contributed by atoms with van der Waals surface area (Å²) >= 11 is 0. The molecule has 0 fully saturated rings. The number of aliphatic hydroxyl groups excluding tert-OH is 1. The van der Waals surface area contributed by atoms with Gasteiger partial charge in [0.05, 0.1) is 6.04 Å². The fourth-order valence-electron chi connectivity index (χ4n) is 0.375. The molecule has 0 aromatic carbocycles. The average Bonchev–Trinajstić information content (AvgIpc) is 1.82. The molecule has 0 amide bonds. The smallest absolute Gasteiger partial charge is 0.166 e. The maximum atomic E-state index is 8.51. The van der Waals surface area contributed by atoms with E-state index in [1.165, 1.54) is 0 Å². The van der Waals surface area contributed by atoms with E-state index < -0.39 is 6.29 Å². The van der Waals surface area contributed by atoms with Crippen molar-refractivity contribution in [3.8, 4) is 0 Å². The largest absolute Gasteiger partial charge is 0.367 e. The summed E-state index contributed by atoms with van der Waals surface area (Å²) in [5, 5.41) is 19.8. The second-order valence-corrected chi connectivity index (χ2v) is 1.90. The molecule has 0 heterocycles. The van der Waals surface area contributed by atoms with E-state index in [0.29, 0.717) is 6.54 Å². The highest BCUT2D eigenvalue weighted by Gasteiger charge is 2.06. The molecule has 0 radical (unpaired) electrons. The third-order valence-corrected chi connectivity index (χ3v) is 1.03. The topological polar surface area (TPSA) is 52.5 Å². The van der Waals surface area contributed by atoms with E-state index in [-0.39, 0.29) is 18.4 Å². The minimum atomic E-state index is -1.29. The summed E-state index contributed by atoms with van der Waals surface area (Å²) in [4.78, 5) is 0. The Morgan fingerprint density at radius 3 is 2.40 bits per heavy atom. The summed E-state index contributed by atoms with van der Waals surface area (Å²) in [5.41, 5.74) is 0. The number of hydrogen-bond donors (Lipinski definition) is 3. The lowest BCUT2D eigenvalue weighted by atomic mass is 10.3. The molecule has 0 rings (SSSR count). The second kappa shape index (κ2) is 7.02. The van der Waals surface area contributed by atoms with Gasteiger partial charge >= 0.3 is 0 Å². The molecule has 0 saturated heterocycles. The van der Waals surface area contributed by atoms with Crippen molar-refractivity contribution >= 4 is 12.4 Å². The Hall–Kier alpha value is -0.0900. The molecule has 0 bridgehead atoms. The molecule has 0 spiro atoms. The summed E-state index contributed by atoms with van der Waals surface area (Å²) in [6.45, 7) is 5.75. The van der Waals surface area contributed by atoms with Crippen molar-refractivity contribution in [3.05, 3.63) is 12.7 Å². The average molecular weight is 168 g/mol. The normalized spacial score (nSPS) is 12.4. The van der Waals surface area contributed by atoms with Crippen molar-refractivity contribution < 1.29 is 10.2 Å². The van der Waals surface area contributed by atoms with Crippen LogP contribution in [0.25, 0.3) is 0 Å². The van der Waals surface area contributed by atoms with E-state index in [2.05, 4.69) is 11.9 Å². The Morgan fingerprint density at radius 1 is 1.60 bits per heavy atom.